The highest BCUT2D eigenvalue weighted by molar-refractivity contribution is 7.98. The van der Waals surface area contributed by atoms with Crippen molar-refractivity contribution in [3.05, 3.63) is 40.3 Å². The van der Waals surface area contributed by atoms with Crippen LogP contribution >= 0.6 is 11.8 Å². The number of methoxy groups -OCH3 is 2. The fraction of sp³-hybridized carbons (Fsp3) is 0.235. The van der Waals surface area contributed by atoms with Crippen LogP contribution in [0, 0.1) is 11.6 Å². The molecule has 0 aliphatic carbocycles. The number of aromatic nitrogens is 3. The van der Waals surface area contributed by atoms with Crippen LogP contribution in [-0.2, 0) is 7.05 Å². The molecular weight excluding hydrogens is 364 g/mol. The van der Waals surface area contributed by atoms with Crippen LogP contribution in [0.3, 0.4) is 0 Å². The second-order valence-corrected chi connectivity index (χ2v) is 6.12. The molecule has 0 bridgehead atoms. The summed E-state index contributed by atoms with van der Waals surface area (Å²) < 4.78 is 40.6. The third-order valence-electron chi connectivity index (χ3n) is 3.95. The van der Waals surface area contributed by atoms with Crippen LogP contribution in [0.15, 0.2) is 28.3 Å². The smallest absolute Gasteiger partial charge is 0.260 e. The number of hydrogen-bond donors (Lipinski definition) is 0. The maximum atomic E-state index is 14.8. The van der Waals surface area contributed by atoms with Crippen LogP contribution in [0.1, 0.15) is 0 Å². The van der Waals surface area contributed by atoms with Crippen LogP contribution in [0.4, 0.5) is 8.78 Å². The Morgan fingerprint density at radius 1 is 1.12 bits per heavy atom. The van der Waals surface area contributed by atoms with Gasteiger partial charge in [0.2, 0.25) is 0 Å². The molecule has 0 unspecified atom stereocenters. The molecule has 0 amide bonds. The molecule has 0 aliphatic rings. The lowest BCUT2D eigenvalue weighted by atomic mass is 10.0. The summed E-state index contributed by atoms with van der Waals surface area (Å²) in [4.78, 5) is 21.2. The third kappa shape index (κ3) is 2.78. The number of benzene rings is 1. The fourth-order valence-corrected chi connectivity index (χ4v) is 2.97. The molecule has 136 valence electrons. The fourth-order valence-electron chi connectivity index (χ4n) is 2.63. The highest BCUT2D eigenvalue weighted by atomic mass is 32.2. The van der Waals surface area contributed by atoms with Gasteiger partial charge in [0.15, 0.2) is 28.3 Å². The lowest BCUT2D eigenvalue weighted by Crippen LogP contribution is -2.21. The van der Waals surface area contributed by atoms with Gasteiger partial charge in [-0.3, -0.25) is 9.36 Å². The number of ether oxygens (including phenoxy) is 2. The number of aryl methyl sites for hydroxylation is 1. The second kappa shape index (κ2) is 6.91. The van der Waals surface area contributed by atoms with E-state index in [9.17, 15) is 13.6 Å². The highest BCUT2D eigenvalue weighted by Gasteiger charge is 2.24. The lowest BCUT2D eigenvalue weighted by Gasteiger charge is -2.14. The second-order valence-electron chi connectivity index (χ2n) is 5.34. The van der Waals surface area contributed by atoms with Gasteiger partial charge in [-0.05, 0) is 12.3 Å². The monoisotopic (exact) mass is 379 g/mol. The number of rotatable bonds is 4. The molecule has 0 spiro atoms. The number of hydrogen-bond acceptors (Lipinski definition) is 6. The zero-order valence-electron chi connectivity index (χ0n) is 14.5. The summed E-state index contributed by atoms with van der Waals surface area (Å²) in [5.74, 6) is -2.42. The Hall–Kier alpha value is -2.68. The van der Waals surface area contributed by atoms with Gasteiger partial charge < -0.3 is 9.47 Å². The summed E-state index contributed by atoms with van der Waals surface area (Å²) in [6.07, 6.45) is 3.31. The Kier molecular flexibility index (Phi) is 4.82. The first kappa shape index (κ1) is 18.1. The molecule has 0 saturated carbocycles. The molecular formula is C17H15F2N3O3S. The van der Waals surface area contributed by atoms with Crippen molar-refractivity contribution in [2.24, 2.45) is 7.05 Å². The van der Waals surface area contributed by atoms with Crippen molar-refractivity contribution >= 4 is 22.8 Å². The predicted octanol–water partition coefficient (Wildman–Crippen LogP) is 3.01. The number of fused-ring (bicyclic) bond motifs is 1. The number of nitrogens with zero attached hydrogens (tertiary/aromatic N) is 3. The van der Waals surface area contributed by atoms with Crippen molar-refractivity contribution in [3.8, 4) is 22.6 Å². The summed E-state index contributed by atoms with van der Waals surface area (Å²) in [6.45, 7) is 0. The van der Waals surface area contributed by atoms with Gasteiger partial charge in [-0.2, -0.15) is 0 Å². The molecule has 2 heterocycles. The Morgan fingerprint density at radius 2 is 1.73 bits per heavy atom. The molecule has 2 aromatic heterocycles. The number of halogens is 2. The predicted molar refractivity (Wildman–Crippen MR) is 95.0 cm³/mol. The largest absolute Gasteiger partial charge is 0.494 e. The van der Waals surface area contributed by atoms with Gasteiger partial charge in [-0.1, -0.05) is 11.8 Å². The lowest BCUT2D eigenvalue weighted by molar-refractivity contribution is 0.359. The van der Waals surface area contributed by atoms with Crippen molar-refractivity contribution in [2.45, 2.75) is 5.16 Å². The minimum absolute atomic E-state index is 0.173. The van der Waals surface area contributed by atoms with E-state index in [0.717, 1.165) is 6.07 Å². The quantitative estimate of drug-likeness (QED) is 0.513. The summed E-state index contributed by atoms with van der Waals surface area (Å²) in [7, 11) is 3.98. The average Bonchev–Trinajstić information content (AvgIpc) is 2.65. The van der Waals surface area contributed by atoms with Crippen LogP contribution in [0.25, 0.3) is 22.2 Å². The molecule has 1 aromatic carbocycles. The first-order valence-electron chi connectivity index (χ1n) is 7.44. The van der Waals surface area contributed by atoms with E-state index in [1.165, 1.54) is 49.9 Å². The Morgan fingerprint density at radius 3 is 2.27 bits per heavy atom. The first-order valence-corrected chi connectivity index (χ1v) is 8.66. The normalized spacial score (nSPS) is 11.0. The van der Waals surface area contributed by atoms with E-state index in [1.54, 1.807) is 6.26 Å². The minimum Gasteiger partial charge on any atom is -0.494 e. The van der Waals surface area contributed by atoms with Gasteiger partial charge in [0.1, 0.15) is 5.65 Å². The Bertz CT molecular complexity index is 1040. The van der Waals surface area contributed by atoms with E-state index in [0.29, 0.717) is 16.2 Å². The summed E-state index contributed by atoms with van der Waals surface area (Å²) in [5.41, 5.74) is -0.921. The van der Waals surface area contributed by atoms with Gasteiger partial charge >= 0.3 is 0 Å². The third-order valence-corrected chi connectivity index (χ3v) is 4.51. The number of thioether (sulfide) groups is 1. The van der Waals surface area contributed by atoms with Gasteiger partial charge in [-0.25, -0.2) is 18.7 Å². The summed E-state index contributed by atoms with van der Waals surface area (Å²) >= 11 is 1.32. The molecule has 0 aliphatic heterocycles. The van der Waals surface area contributed by atoms with E-state index < -0.39 is 22.8 Å². The van der Waals surface area contributed by atoms with Gasteiger partial charge in [0.25, 0.3) is 5.56 Å². The van der Waals surface area contributed by atoms with Gasteiger partial charge in [-0.15, -0.1) is 0 Å². The van der Waals surface area contributed by atoms with Crippen molar-refractivity contribution in [3.63, 3.8) is 0 Å². The van der Waals surface area contributed by atoms with Crippen molar-refractivity contribution in [1.29, 1.82) is 0 Å². The molecule has 3 rings (SSSR count). The molecule has 26 heavy (non-hydrogen) atoms. The van der Waals surface area contributed by atoms with Gasteiger partial charge in [0, 0.05) is 24.7 Å². The van der Waals surface area contributed by atoms with E-state index in [4.69, 9.17) is 9.47 Å². The molecule has 0 radical (unpaired) electrons. The van der Waals surface area contributed by atoms with Crippen LogP contribution < -0.4 is 15.0 Å². The number of pyridine rings is 1. The van der Waals surface area contributed by atoms with E-state index in [2.05, 4.69) is 9.97 Å². The molecule has 6 nitrogen and oxygen atoms in total. The van der Waals surface area contributed by atoms with Gasteiger partial charge in [0.05, 0.1) is 25.3 Å². The van der Waals surface area contributed by atoms with Crippen LogP contribution in [-0.4, -0.2) is 35.0 Å². The van der Waals surface area contributed by atoms with Crippen molar-refractivity contribution in [1.82, 2.24) is 14.5 Å². The maximum Gasteiger partial charge on any atom is 0.260 e. The molecule has 0 N–H and O–H groups in total. The van der Waals surface area contributed by atoms with Crippen LogP contribution in [0.2, 0.25) is 0 Å². The zero-order valence-corrected chi connectivity index (χ0v) is 15.3. The Labute approximate surface area is 151 Å². The Balaban J connectivity index is 2.40. The molecule has 0 fully saturated rings. The van der Waals surface area contributed by atoms with E-state index in [1.807, 2.05) is 0 Å². The first-order chi connectivity index (χ1) is 12.4. The molecule has 9 heteroatoms. The van der Waals surface area contributed by atoms with E-state index in [-0.39, 0.29) is 17.1 Å². The summed E-state index contributed by atoms with van der Waals surface area (Å²) in [6, 6.07) is 2.45. The van der Waals surface area contributed by atoms with E-state index >= 15 is 0 Å². The molecule has 0 saturated heterocycles. The topological polar surface area (TPSA) is 66.2 Å². The SMILES string of the molecule is COc1cc(OC)c(F)c(-c2cc3cnc(SC)nc3n(C)c2=O)c1F. The summed E-state index contributed by atoms with van der Waals surface area (Å²) in [5, 5.41) is 0.959. The molecule has 0 atom stereocenters. The minimum atomic E-state index is -0.982. The average molecular weight is 379 g/mol. The standard InChI is InChI=1S/C17H15F2N3O3S/c1-22-15-8(7-20-17(21-15)26-4)5-9(16(22)23)12-13(18)10(24-2)6-11(25-3)14(12)19/h5-7H,1-4H3. The van der Waals surface area contributed by atoms with Crippen molar-refractivity contribution < 1.29 is 18.3 Å². The van der Waals surface area contributed by atoms with Crippen LogP contribution in [0.5, 0.6) is 11.5 Å². The zero-order chi connectivity index (χ0) is 19.0. The maximum absolute atomic E-state index is 14.8. The highest BCUT2D eigenvalue weighted by Crippen LogP contribution is 2.37. The molecule has 3 aromatic rings. The van der Waals surface area contributed by atoms with Crippen molar-refractivity contribution in [2.75, 3.05) is 20.5 Å².